The predicted octanol–water partition coefficient (Wildman–Crippen LogP) is 1.08. The fraction of sp³-hybridized carbons (Fsp3) is 0.538. The van der Waals surface area contributed by atoms with E-state index < -0.39 is 15.8 Å². The van der Waals surface area contributed by atoms with E-state index in [9.17, 15) is 12.8 Å². The van der Waals surface area contributed by atoms with Crippen molar-refractivity contribution in [1.29, 1.82) is 0 Å². The van der Waals surface area contributed by atoms with E-state index in [4.69, 9.17) is 10.5 Å². The van der Waals surface area contributed by atoms with Crippen LogP contribution in [0, 0.1) is 5.82 Å². The van der Waals surface area contributed by atoms with E-state index >= 15 is 0 Å². The highest BCUT2D eigenvalue weighted by atomic mass is 32.2. The third-order valence-corrected chi connectivity index (χ3v) is 5.25. The lowest BCUT2D eigenvalue weighted by atomic mass is 10.2. The molecule has 1 fully saturated rings. The van der Waals surface area contributed by atoms with Gasteiger partial charge in [-0.3, -0.25) is 0 Å². The maximum absolute atomic E-state index is 13.4. The number of benzene rings is 1. The van der Waals surface area contributed by atoms with Gasteiger partial charge in [-0.2, -0.15) is 4.31 Å². The third kappa shape index (κ3) is 3.17. The Morgan fingerprint density at radius 2 is 2.25 bits per heavy atom. The second-order valence-corrected chi connectivity index (χ2v) is 6.92. The lowest BCUT2D eigenvalue weighted by Crippen LogP contribution is -2.34. The molecule has 1 unspecified atom stereocenters. The van der Waals surface area contributed by atoms with Crippen LogP contribution in [-0.2, 0) is 21.3 Å². The topological polar surface area (TPSA) is 72.6 Å². The fourth-order valence-corrected chi connectivity index (χ4v) is 3.47. The maximum Gasteiger partial charge on any atom is 0.242 e. The molecular weight excluding hydrogens is 283 g/mol. The summed E-state index contributed by atoms with van der Waals surface area (Å²) < 4.78 is 44.9. The SMILES string of the molecule is CN(CC1CCCO1)S(=O)(=O)c1ccc(F)c(CN)c1. The van der Waals surface area contributed by atoms with E-state index in [1.54, 1.807) is 0 Å². The van der Waals surface area contributed by atoms with Crippen LogP contribution in [-0.4, -0.2) is 39.0 Å². The molecule has 7 heteroatoms. The summed E-state index contributed by atoms with van der Waals surface area (Å²) in [6.45, 7) is 0.939. The van der Waals surface area contributed by atoms with Crippen LogP contribution in [0.5, 0.6) is 0 Å². The van der Waals surface area contributed by atoms with E-state index in [0.717, 1.165) is 18.9 Å². The maximum atomic E-state index is 13.4. The average Bonchev–Trinajstić information content (AvgIpc) is 2.91. The molecule has 2 N–H and O–H groups in total. The summed E-state index contributed by atoms with van der Waals surface area (Å²) in [6.07, 6.45) is 1.74. The molecule has 0 saturated carbocycles. The number of rotatable bonds is 5. The summed E-state index contributed by atoms with van der Waals surface area (Å²) in [6, 6.07) is 3.68. The van der Waals surface area contributed by atoms with Crippen molar-refractivity contribution in [1.82, 2.24) is 4.31 Å². The van der Waals surface area contributed by atoms with Gasteiger partial charge in [0.15, 0.2) is 0 Å². The number of nitrogens with two attached hydrogens (primary N) is 1. The van der Waals surface area contributed by atoms with Crippen LogP contribution in [0.3, 0.4) is 0 Å². The fourth-order valence-electron chi connectivity index (χ4n) is 2.22. The largest absolute Gasteiger partial charge is 0.377 e. The number of nitrogens with zero attached hydrogens (tertiary/aromatic N) is 1. The van der Waals surface area contributed by atoms with Crippen molar-refractivity contribution in [2.75, 3.05) is 20.2 Å². The first kappa shape index (κ1) is 15.4. The monoisotopic (exact) mass is 302 g/mol. The third-order valence-electron chi connectivity index (χ3n) is 3.43. The number of ether oxygens (including phenoxy) is 1. The summed E-state index contributed by atoms with van der Waals surface area (Å²) in [4.78, 5) is 0.0554. The Balaban J connectivity index is 2.20. The zero-order valence-corrected chi connectivity index (χ0v) is 12.2. The first-order chi connectivity index (χ1) is 9.45. The first-order valence-electron chi connectivity index (χ1n) is 6.51. The molecule has 0 bridgehead atoms. The zero-order valence-electron chi connectivity index (χ0n) is 11.4. The van der Waals surface area contributed by atoms with Crippen LogP contribution in [0.25, 0.3) is 0 Å². The summed E-state index contributed by atoms with van der Waals surface area (Å²) >= 11 is 0. The molecule has 1 aliphatic heterocycles. The van der Waals surface area contributed by atoms with E-state index in [1.807, 2.05) is 0 Å². The first-order valence-corrected chi connectivity index (χ1v) is 7.95. The van der Waals surface area contributed by atoms with Gasteiger partial charge in [-0.25, -0.2) is 12.8 Å². The second-order valence-electron chi connectivity index (χ2n) is 4.88. The molecule has 1 atom stereocenters. The Bertz CT molecular complexity index is 571. The quantitative estimate of drug-likeness (QED) is 0.883. The molecule has 1 aromatic rings. The van der Waals surface area contributed by atoms with Gasteiger partial charge in [0, 0.05) is 32.3 Å². The van der Waals surface area contributed by atoms with Crippen molar-refractivity contribution in [3.63, 3.8) is 0 Å². The molecule has 0 aromatic heterocycles. The Morgan fingerprint density at radius 1 is 1.50 bits per heavy atom. The molecule has 2 rings (SSSR count). The normalized spacial score (nSPS) is 19.7. The molecule has 0 radical (unpaired) electrons. The molecule has 112 valence electrons. The van der Waals surface area contributed by atoms with Gasteiger partial charge in [0.25, 0.3) is 0 Å². The van der Waals surface area contributed by atoms with Gasteiger partial charge in [0.2, 0.25) is 10.0 Å². The highest BCUT2D eigenvalue weighted by Crippen LogP contribution is 2.20. The highest BCUT2D eigenvalue weighted by molar-refractivity contribution is 7.89. The van der Waals surface area contributed by atoms with Crippen LogP contribution >= 0.6 is 0 Å². The number of sulfonamides is 1. The summed E-state index contributed by atoms with van der Waals surface area (Å²) in [5, 5.41) is 0. The smallest absolute Gasteiger partial charge is 0.242 e. The van der Waals surface area contributed by atoms with E-state index in [1.165, 1.54) is 23.5 Å². The van der Waals surface area contributed by atoms with Gasteiger partial charge >= 0.3 is 0 Å². The highest BCUT2D eigenvalue weighted by Gasteiger charge is 2.26. The van der Waals surface area contributed by atoms with E-state index in [2.05, 4.69) is 0 Å². The summed E-state index contributed by atoms with van der Waals surface area (Å²) in [5.74, 6) is -0.492. The van der Waals surface area contributed by atoms with Crippen LogP contribution < -0.4 is 5.73 Å². The van der Waals surface area contributed by atoms with Crippen LogP contribution in [0.15, 0.2) is 23.1 Å². The van der Waals surface area contributed by atoms with Gasteiger partial charge in [0.05, 0.1) is 11.0 Å². The van der Waals surface area contributed by atoms with Gasteiger partial charge in [0.1, 0.15) is 5.82 Å². The Morgan fingerprint density at radius 3 is 2.85 bits per heavy atom. The van der Waals surface area contributed by atoms with Gasteiger partial charge in [-0.15, -0.1) is 0 Å². The number of halogens is 1. The van der Waals surface area contributed by atoms with Crippen LogP contribution in [0.4, 0.5) is 4.39 Å². The van der Waals surface area contributed by atoms with Crippen molar-refractivity contribution in [2.24, 2.45) is 5.73 Å². The molecule has 1 aliphatic rings. The van der Waals surface area contributed by atoms with Crippen molar-refractivity contribution >= 4 is 10.0 Å². The predicted molar refractivity (Wildman–Crippen MR) is 73.1 cm³/mol. The average molecular weight is 302 g/mol. The van der Waals surface area contributed by atoms with Crippen molar-refractivity contribution < 1.29 is 17.5 Å². The van der Waals surface area contributed by atoms with Crippen molar-refractivity contribution in [3.05, 3.63) is 29.6 Å². The molecule has 0 aliphatic carbocycles. The van der Waals surface area contributed by atoms with Crippen molar-refractivity contribution in [3.8, 4) is 0 Å². The van der Waals surface area contributed by atoms with Gasteiger partial charge in [-0.1, -0.05) is 0 Å². The minimum Gasteiger partial charge on any atom is -0.377 e. The Hall–Kier alpha value is -1.02. The van der Waals surface area contributed by atoms with Crippen molar-refractivity contribution in [2.45, 2.75) is 30.4 Å². The lowest BCUT2D eigenvalue weighted by molar-refractivity contribution is 0.0979. The van der Waals surface area contributed by atoms with E-state index in [-0.39, 0.29) is 23.1 Å². The zero-order chi connectivity index (χ0) is 14.8. The standard InChI is InChI=1S/C13H19FN2O3S/c1-16(9-11-3-2-6-19-11)20(17,18)12-4-5-13(14)10(7-12)8-15/h4-5,7,11H,2-3,6,8-9,15H2,1H3. The minimum atomic E-state index is -3.64. The molecule has 1 aromatic carbocycles. The Labute approximate surface area is 118 Å². The van der Waals surface area contributed by atoms with Gasteiger partial charge in [-0.05, 0) is 31.0 Å². The summed E-state index contributed by atoms with van der Waals surface area (Å²) in [7, 11) is -2.14. The Kier molecular flexibility index (Phi) is 4.74. The minimum absolute atomic E-state index is 0.0371. The molecule has 1 saturated heterocycles. The number of hydrogen-bond donors (Lipinski definition) is 1. The second kappa shape index (κ2) is 6.17. The number of hydrogen-bond acceptors (Lipinski definition) is 4. The lowest BCUT2D eigenvalue weighted by Gasteiger charge is -2.20. The summed E-state index contributed by atoms with van der Waals surface area (Å²) in [5.41, 5.74) is 5.59. The molecular formula is C13H19FN2O3S. The molecule has 0 amide bonds. The van der Waals surface area contributed by atoms with Crippen LogP contribution in [0.1, 0.15) is 18.4 Å². The number of likely N-dealkylation sites (N-methyl/N-ethyl adjacent to an activating group) is 1. The molecule has 1 heterocycles. The van der Waals surface area contributed by atoms with Crippen LogP contribution in [0.2, 0.25) is 0 Å². The molecule has 5 nitrogen and oxygen atoms in total. The molecule has 20 heavy (non-hydrogen) atoms. The molecule has 0 spiro atoms. The van der Waals surface area contributed by atoms with E-state index in [0.29, 0.717) is 13.2 Å². The van der Waals surface area contributed by atoms with Gasteiger partial charge < -0.3 is 10.5 Å².